The van der Waals surface area contributed by atoms with Crippen LogP contribution in [0.2, 0.25) is 5.02 Å². The van der Waals surface area contributed by atoms with E-state index in [-0.39, 0.29) is 11.9 Å². The van der Waals surface area contributed by atoms with Crippen LogP contribution in [0.5, 0.6) is 11.5 Å². The van der Waals surface area contributed by atoms with Gasteiger partial charge in [0.15, 0.2) is 0 Å². The molecule has 20 heavy (non-hydrogen) atoms. The molecule has 2 aromatic carbocycles. The molecule has 0 aliphatic carbocycles. The zero-order chi connectivity index (χ0) is 14.7. The fraction of sp³-hybridized carbons (Fsp3) is 0.250. The molecule has 1 unspecified atom stereocenters. The second-order valence-electron chi connectivity index (χ2n) is 4.91. The molecule has 0 aliphatic rings. The zero-order valence-electron chi connectivity index (χ0n) is 11.5. The molecule has 2 nitrogen and oxygen atoms in total. The van der Waals surface area contributed by atoms with E-state index in [0.717, 1.165) is 11.1 Å². The van der Waals surface area contributed by atoms with Gasteiger partial charge < -0.3 is 10.5 Å². The topological polar surface area (TPSA) is 35.2 Å². The summed E-state index contributed by atoms with van der Waals surface area (Å²) in [6.45, 7) is 3.71. The summed E-state index contributed by atoms with van der Waals surface area (Å²) >= 11 is 6.21. The number of benzene rings is 2. The third-order valence-electron chi connectivity index (χ3n) is 2.96. The van der Waals surface area contributed by atoms with Crippen molar-refractivity contribution in [3.05, 3.63) is 58.4 Å². The summed E-state index contributed by atoms with van der Waals surface area (Å²) in [5.74, 6) is 0.987. The van der Waals surface area contributed by atoms with Gasteiger partial charge in [-0.25, -0.2) is 4.39 Å². The maximum absolute atomic E-state index is 13.1. The van der Waals surface area contributed by atoms with Crippen molar-refractivity contribution in [2.75, 3.05) is 0 Å². The van der Waals surface area contributed by atoms with Gasteiger partial charge in [0.05, 0.1) is 0 Å². The van der Waals surface area contributed by atoms with E-state index >= 15 is 0 Å². The smallest absolute Gasteiger partial charge is 0.132 e. The van der Waals surface area contributed by atoms with Gasteiger partial charge in [0.25, 0.3) is 0 Å². The molecule has 0 radical (unpaired) electrons. The average Bonchev–Trinajstić information content (AvgIpc) is 2.36. The Morgan fingerprint density at radius 2 is 2.00 bits per heavy atom. The molecule has 2 aromatic rings. The molecule has 0 heterocycles. The molecule has 0 fully saturated rings. The monoisotopic (exact) mass is 293 g/mol. The first-order valence-corrected chi connectivity index (χ1v) is 6.82. The van der Waals surface area contributed by atoms with Crippen LogP contribution in [0, 0.1) is 12.7 Å². The Labute approximate surface area is 123 Å². The van der Waals surface area contributed by atoms with Crippen molar-refractivity contribution in [1.29, 1.82) is 0 Å². The van der Waals surface area contributed by atoms with Crippen LogP contribution < -0.4 is 10.5 Å². The van der Waals surface area contributed by atoms with Crippen LogP contribution in [0.3, 0.4) is 0 Å². The highest BCUT2D eigenvalue weighted by Gasteiger charge is 2.12. The molecule has 0 saturated carbocycles. The minimum absolute atomic E-state index is 0.0217. The van der Waals surface area contributed by atoms with Crippen LogP contribution >= 0.6 is 11.6 Å². The summed E-state index contributed by atoms with van der Waals surface area (Å²) in [7, 11) is 0. The lowest BCUT2D eigenvalue weighted by Crippen LogP contribution is -2.18. The Morgan fingerprint density at radius 3 is 2.65 bits per heavy atom. The summed E-state index contributed by atoms with van der Waals surface area (Å²) in [5.41, 5.74) is 7.44. The van der Waals surface area contributed by atoms with Gasteiger partial charge in [-0.3, -0.25) is 0 Å². The van der Waals surface area contributed by atoms with Crippen LogP contribution in [0.4, 0.5) is 4.39 Å². The van der Waals surface area contributed by atoms with Crippen LogP contribution in [-0.4, -0.2) is 6.04 Å². The average molecular weight is 294 g/mol. The van der Waals surface area contributed by atoms with Gasteiger partial charge in [0, 0.05) is 16.6 Å². The predicted molar refractivity (Wildman–Crippen MR) is 80.0 cm³/mol. The summed E-state index contributed by atoms with van der Waals surface area (Å²) in [6, 6.07) is 9.87. The van der Waals surface area contributed by atoms with Crippen LogP contribution in [0.1, 0.15) is 18.1 Å². The molecule has 1 atom stereocenters. The standard InChI is InChI=1S/C16H17ClFNO/c1-10-8-12(18)6-7-15(10)20-16-5-3-4-14(17)13(16)9-11(2)19/h3-8,11H,9,19H2,1-2H3. The van der Waals surface area contributed by atoms with Gasteiger partial charge >= 0.3 is 0 Å². The molecule has 0 saturated heterocycles. The van der Waals surface area contributed by atoms with Crippen molar-refractivity contribution >= 4 is 11.6 Å². The maximum atomic E-state index is 13.1. The summed E-state index contributed by atoms with van der Waals surface area (Å²) < 4.78 is 19.0. The molecule has 2 N–H and O–H groups in total. The van der Waals surface area contributed by atoms with Crippen molar-refractivity contribution in [3.63, 3.8) is 0 Å². The van der Waals surface area contributed by atoms with E-state index in [1.165, 1.54) is 12.1 Å². The number of nitrogens with two attached hydrogens (primary N) is 1. The van der Waals surface area contributed by atoms with Crippen LogP contribution in [0.15, 0.2) is 36.4 Å². The molecule has 4 heteroatoms. The molecular weight excluding hydrogens is 277 g/mol. The number of rotatable bonds is 4. The molecule has 2 rings (SSSR count). The Bertz CT molecular complexity index is 613. The zero-order valence-corrected chi connectivity index (χ0v) is 12.2. The Kier molecular flexibility index (Phi) is 4.63. The first-order valence-electron chi connectivity index (χ1n) is 6.44. The van der Waals surface area contributed by atoms with Crippen molar-refractivity contribution in [1.82, 2.24) is 0 Å². The van der Waals surface area contributed by atoms with Crippen molar-refractivity contribution in [3.8, 4) is 11.5 Å². The second kappa shape index (κ2) is 6.25. The number of hydrogen-bond acceptors (Lipinski definition) is 2. The van der Waals surface area contributed by atoms with Crippen LogP contribution in [0.25, 0.3) is 0 Å². The largest absolute Gasteiger partial charge is 0.457 e. The van der Waals surface area contributed by atoms with Crippen molar-refractivity contribution in [2.24, 2.45) is 5.73 Å². The SMILES string of the molecule is Cc1cc(F)ccc1Oc1cccc(Cl)c1CC(C)N. The van der Waals surface area contributed by atoms with Gasteiger partial charge in [-0.2, -0.15) is 0 Å². The van der Waals surface area contributed by atoms with E-state index in [2.05, 4.69) is 0 Å². The van der Waals surface area contributed by atoms with Gasteiger partial charge in [0.1, 0.15) is 17.3 Å². The first-order chi connectivity index (χ1) is 9.47. The minimum atomic E-state index is -0.281. The second-order valence-corrected chi connectivity index (χ2v) is 5.32. The van der Waals surface area contributed by atoms with E-state index in [1.807, 2.05) is 25.1 Å². The molecule has 106 valence electrons. The van der Waals surface area contributed by atoms with E-state index < -0.39 is 0 Å². The van der Waals surface area contributed by atoms with E-state index in [4.69, 9.17) is 22.1 Å². The highest BCUT2D eigenvalue weighted by molar-refractivity contribution is 6.31. The molecule has 0 amide bonds. The Balaban J connectivity index is 2.35. The van der Waals surface area contributed by atoms with E-state index in [9.17, 15) is 4.39 Å². The quantitative estimate of drug-likeness (QED) is 0.902. The molecule has 0 aromatic heterocycles. The number of aryl methyl sites for hydroxylation is 1. The van der Waals surface area contributed by atoms with E-state index in [1.54, 1.807) is 13.0 Å². The predicted octanol–water partition coefficient (Wildman–Crippen LogP) is 4.47. The highest BCUT2D eigenvalue weighted by Crippen LogP contribution is 2.32. The van der Waals surface area contributed by atoms with E-state index in [0.29, 0.717) is 22.9 Å². The van der Waals surface area contributed by atoms with Crippen molar-refractivity contribution < 1.29 is 9.13 Å². The number of hydrogen-bond donors (Lipinski definition) is 1. The Morgan fingerprint density at radius 1 is 1.25 bits per heavy atom. The van der Waals surface area contributed by atoms with Gasteiger partial charge in [-0.15, -0.1) is 0 Å². The maximum Gasteiger partial charge on any atom is 0.132 e. The third-order valence-corrected chi connectivity index (χ3v) is 3.31. The molecular formula is C16H17ClFNO. The van der Waals surface area contributed by atoms with Crippen LogP contribution in [-0.2, 0) is 6.42 Å². The minimum Gasteiger partial charge on any atom is -0.457 e. The Hall–Kier alpha value is -1.58. The fourth-order valence-corrected chi connectivity index (χ4v) is 2.24. The van der Waals surface area contributed by atoms with Gasteiger partial charge in [-0.1, -0.05) is 17.7 Å². The highest BCUT2D eigenvalue weighted by atomic mass is 35.5. The number of halogens is 2. The van der Waals surface area contributed by atoms with Gasteiger partial charge in [0.2, 0.25) is 0 Å². The molecule has 0 spiro atoms. The summed E-state index contributed by atoms with van der Waals surface area (Å²) in [6.07, 6.45) is 0.620. The first kappa shape index (κ1) is 14.8. The van der Waals surface area contributed by atoms with Crippen molar-refractivity contribution in [2.45, 2.75) is 26.3 Å². The molecule has 0 aliphatic heterocycles. The summed E-state index contributed by atoms with van der Waals surface area (Å²) in [5, 5.41) is 0.625. The fourth-order valence-electron chi connectivity index (χ4n) is 2.00. The van der Waals surface area contributed by atoms with Gasteiger partial charge in [-0.05, 0) is 56.2 Å². The lowest BCUT2D eigenvalue weighted by atomic mass is 10.1. The number of ether oxygens (including phenoxy) is 1. The summed E-state index contributed by atoms with van der Waals surface area (Å²) in [4.78, 5) is 0. The third kappa shape index (κ3) is 3.50. The molecule has 0 bridgehead atoms. The lowest BCUT2D eigenvalue weighted by molar-refractivity contribution is 0.468. The normalized spacial score (nSPS) is 12.2. The lowest BCUT2D eigenvalue weighted by Gasteiger charge is -2.15.